The molecule has 0 spiro atoms. The van der Waals surface area contributed by atoms with E-state index in [-0.39, 0.29) is 0 Å². The van der Waals surface area contributed by atoms with E-state index in [1.807, 2.05) is 18.2 Å². The molecule has 0 fully saturated rings. The van der Waals surface area contributed by atoms with Gasteiger partial charge in [-0.3, -0.25) is 0 Å². The van der Waals surface area contributed by atoms with Gasteiger partial charge in [-0.2, -0.15) is 0 Å². The number of unbranched alkanes of at least 4 members (excludes halogenated alkanes) is 3. The molecule has 0 N–H and O–H groups in total. The van der Waals surface area contributed by atoms with Gasteiger partial charge in [-0.05, 0) is 29.9 Å². The molecule has 1 aromatic rings. The number of halogens is 2. The molecule has 0 saturated carbocycles. The van der Waals surface area contributed by atoms with Crippen molar-refractivity contribution < 1.29 is 0 Å². The van der Waals surface area contributed by atoms with Crippen LogP contribution in [0.4, 0.5) is 0 Å². The van der Waals surface area contributed by atoms with Crippen LogP contribution in [0.2, 0.25) is 10.0 Å². The molecule has 0 aliphatic rings. The Kier molecular flexibility index (Phi) is 7.10. The molecule has 0 unspecified atom stereocenters. The summed E-state index contributed by atoms with van der Waals surface area (Å²) in [6.07, 6.45) is 6.06. The van der Waals surface area contributed by atoms with Crippen LogP contribution >= 0.6 is 35.0 Å². The SMILES string of the molecule is C=C(CCCCCC)Sc1c(Cl)cccc1Cl. The van der Waals surface area contributed by atoms with E-state index in [0.717, 1.165) is 16.2 Å². The summed E-state index contributed by atoms with van der Waals surface area (Å²) >= 11 is 13.8. The van der Waals surface area contributed by atoms with Gasteiger partial charge in [0.15, 0.2) is 0 Å². The summed E-state index contributed by atoms with van der Waals surface area (Å²) in [7, 11) is 0. The maximum Gasteiger partial charge on any atom is 0.0560 e. The lowest BCUT2D eigenvalue weighted by Gasteiger charge is -2.08. The topological polar surface area (TPSA) is 0 Å². The van der Waals surface area contributed by atoms with Crippen molar-refractivity contribution in [3.8, 4) is 0 Å². The summed E-state index contributed by atoms with van der Waals surface area (Å²) in [5.74, 6) is 0. The number of hydrogen-bond donors (Lipinski definition) is 0. The minimum atomic E-state index is 0.706. The molecule has 0 atom stereocenters. The van der Waals surface area contributed by atoms with Crippen LogP contribution < -0.4 is 0 Å². The van der Waals surface area contributed by atoms with Crippen LogP contribution in [0.25, 0.3) is 0 Å². The van der Waals surface area contributed by atoms with Crippen molar-refractivity contribution in [2.45, 2.75) is 43.9 Å². The van der Waals surface area contributed by atoms with Crippen LogP contribution in [0.1, 0.15) is 39.0 Å². The van der Waals surface area contributed by atoms with Crippen molar-refractivity contribution in [2.24, 2.45) is 0 Å². The molecule has 1 rings (SSSR count). The molecule has 0 bridgehead atoms. The van der Waals surface area contributed by atoms with Crippen LogP contribution in [0.15, 0.2) is 34.6 Å². The number of hydrogen-bond acceptors (Lipinski definition) is 1. The lowest BCUT2D eigenvalue weighted by atomic mass is 10.1. The Hall–Kier alpha value is -0.110. The number of benzene rings is 1. The molecule has 0 saturated heterocycles. The normalized spacial score (nSPS) is 10.5. The minimum Gasteiger partial charge on any atom is -0.0920 e. The molecule has 94 valence electrons. The number of allylic oxidation sites excluding steroid dienone is 1. The van der Waals surface area contributed by atoms with Crippen LogP contribution in [0, 0.1) is 0 Å². The molecule has 0 amide bonds. The molecule has 0 aliphatic carbocycles. The van der Waals surface area contributed by atoms with Gasteiger partial charge in [-0.25, -0.2) is 0 Å². The van der Waals surface area contributed by atoms with Gasteiger partial charge in [0.1, 0.15) is 0 Å². The van der Waals surface area contributed by atoms with Crippen molar-refractivity contribution in [3.63, 3.8) is 0 Å². The molecule has 3 heteroatoms. The van der Waals surface area contributed by atoms with Crippen molar-refractivity contribution in [3.05, 3.63) is 39.7 Å². The predicted molar refractivity (Wildman–Crippen MR) is 80.2 cm³/mol. The zero-order valence-electron chi connectivity index (χ0n) is 10.1. The summed E-state index contributed by atoms with van der Waals surface area (Å²) in [6, 6.07) is 5.58. The Labute approximate surface area is 118 Å². The van der Waals surface area contributed by atoms with Crippen LogP contribution in [0.3, 0.4) is 0 Å². The zero-order chi connectivity index (χ0) is 12.7. The Morgan fingerprint density at radius 3 is 2.41 bits per heavy atom. The monoisotopic (exact) mass is 288 g/mol. The van der Waals surface area contributed by atoms with Gasteiger partial charge in [0.05, 0.1) is 10.0 Å². The quantitative estimate of drug-likeness (QED) is 0.404. The molecule has 0 aromatic heterocycles. The molecule has 0 aliphatic heterocycles. The predicted octanol–water partition coefficient (Wildman–Crippen LogP) is 6.57. The summed E-state index contributed by atoms with van der Waals surface area (Å²) in [4.78, 5) is 2.06. The average molecular weight is 289 g/mol. The van der Waals surface area contributed by atoms with Crippen molar-refractivity contribution in [1.82, 2.24) is 0 Å². The Balaban J connectivity index is 2.45. The highest BCUT2D eigenvalue weighted by atomic mass is 35.5. The first-order valence-corrected chi connectivity index (χ1v) is 7.52. The highest BCUT2D eigenvalue weighted by Crippen LogP contribution is 2.38. The summed E-state index contributed by atoms with van der Waals surface area (Å²) in [5, 5.41) is 1.41. The number of rotatable bonds is 7. The fourth-order valence-corrected chi connectivity index (χ4v) is 3.02. The van der Waals surface area contributed by atoms with E-state index in [2.05, 4.69) is 13.5 Å². The van der Waals surface area contributed by atoms with E-state index in [1.54, 1.807) is 11.8 Å². The maximum atomic E-state index is 6.11. The highest BCUT2D eigenvalue weighted by molar-refractivity contribution is 8.03. The van der Waals surface area contributed by atoms with Crippen molar-refractivity contribution >= 4 is 35.0 Å². The lowest BCUT2D eigenvalue weighted by molar-refractivity contribution is 0.672. The second kappa shape index (κ2) is 8.07. The van der Waals surface area contributed by atoms with Gasteiger partial charge in [-0.1, -0.05) is 73.8 Å². The van der Waals surface area contributed by atoms with Gasteiger partial charge in [0.25, 0.3) is 0 Å². The van der Waals surface area contributed by atoms with E-state index < -0.39 is 0 Å². The van der Waals surface area contributed by atoms with Gasteiger partial charge in [0, 0.05) is 4.90 Å². The average Bonchev–Trinajstić information content (AvgIpc) is 2.30. The smallest absolute Gasteiger partial charge is 0.0560 e. The zero-order valence-corrected chi connectivity index (χ0v) is 12.5. The van der Waals surface area contributed by atoms with Gasteiger partial charge in [-0.15, -0.1) is 0 Å². The lowest BCUT2D eigenvalue weighted by Crippen LogP contribution is -1.82. The van der Waals surface area contributed by atoms with E-state index >= 15 is 0 Å². The Morgan fingerprint density at radius 1 is 1.18 bits per heavy atom. The standard InChI is InChI=1S/C14H18Cl2S/c1-3-4-5-6-8-11(2)17-14-12(15)9-7-10-13(14)16/h7,9-10H,2-6,8H2,1H3. The van der Waals surface area contributed by atoms with Crippen LogP contribution in [0.5, 0.6) is 0 Å². The van der Waals surface area contributed by atoms with Crippen LogP contribution in [-0.4, -0.2) is 0 Å². The first kappa shape index (κ1) is 14.9. The van der Waals surface area contributed by atoms with E-state index in [9.17, 15) is 0 Å². The van der Waals surface area contributed by atoms with Gasteiger partial charge in [0.2, 0.25) is 0 Å². The molecule has 0 radical (unpaired) electrons. The van der Waals surface area contributed by atoms with Gasteiger partial charge >= 0.3 is 0 Å². The largest absolute Gasteiger partial charge is 0.0920 e. The molecule has 17 heavy (non-hydrogen) atoms. The highest BCUT2D eigenvalue weighted by Gasteiger charge is 2.07. The van der Waals surface area contributed by atoms with E-state index in [1.165, 1.54) is 25.7 Å². The summed E-state index contributed by atoms with van der Waals surface area (Å²) in [6.45, 7) is 6.29. The van der Waals surface area contributed by atoms with Crippen molar-refractivity contribution in [1.29, 1.82) is 0 Å². The second-order valence-electron chi connectivity index (χ2n) is 4.00. The van der Waals surface area contributed by atoms with Crippen LogP contribution in [-0.2, 0) is 0 Å². The third-order valence-electron chi connectivity index (χ3n) is 2.47. The fourth-order valence-electron chi connectivity index (χ4n) is 1.52. The molecule has 0 heterocycles. The molecular formula is C14H18Cl2S. The molecule has 0 nitrogen and oxygen atoms in total. The minimum absolute atomic E-state index is 0.706. The molecule has 1 aromatic carbocycles. The summed E-state index contributed by atoms with van der Waals surface area (Å²) in [5.41, 5.74) is 0. The molecular weight excluding hydrogens is 271 g/mol. The Bertz CT molecular complexity index is 354. The van der Waals surface area contributed by atoms with E-state index in [4.69, 9.17) is 23.2 Å². The van der Waals surface area contributed by atoms with E-state index in [0.29, 0.717) is 10.0 Å². The third-order valence-corrected chi connectivity index (χ3v) is 4.47. The maximum absolute atomic E-state index is 6.11. The Morgan fingerprint density at radius 2 is 1.82 bits per heavy atom. The first-order valence-electron chi connectivity index (χ1n) is 5.94. The fraction of sp³-hybridized carbons (Fsp3) is 0.429. The summed E-state index contributed by atoms with van der Waals surface area (Å²) < 4.78 is 0. The van der Waals surface area contributed by atoms with Gasteiger partial charge < -0.3 is 0 Å². The first-order chi connectivity index (χ1) is 8.15. The third kappa shape index (κ3) is 5.37. The second-order valence-corrected chi connectivity index (χ2v) is 6.01. The number of thioether (sulfide) groups is 1. The van der Waals surface area contributed by atoms with Crippen molar-refractivity contribution in [2.75, 3.05) is 0 Å².